The van der Waals surface area contributed by atoms with Gasteiger partial charge in [-0.2, -0.15) is 0 Å². The zero-order valence-corrected chi connectivity index (χ0v) is 14.9. The van der Waals surface area contributed by atoms with E-state index in [4.69, 9.17) is 9.15 Å². The number of benzene rings is 2. The molecule has 0 radical (unpaired) electrons. The molecule has 0 aliphatic heterocycles. The lowest BCUT2D eigenvalue weighted by Crippen LogP contribution is -2.34. The first-order chi connectivity index (χ1) is 12.6. The lowest BCUT2D eigenvalue weighted by atomic mass is 10.1. The van der Waals surface area contributed by atoms with E-state index in [-0.39, 0.29) is 12.5 Å². The van der Waals surface area contributed by atoms with Crippen LogP contribution in [0, 0.1) is 6.92 Å². The van der Waals surface area contributed by atoms with Crippen LogP contribution in [-0.2, 0) is 11.3 Å². The number of amides is 1. The molecule has 1 heterocycles. The largest absolute Gasteiger partial charge is 0.484 e. The highest BCUT2D eigenvalue weighted by atomic mass is 16.5. The van der Waals surface area contributed by atoms with Crippen molar-refractivity contribution in [1.29, 1.82) is 0 Å². The van der Waals surface area contributed by atoms with Gasteiger partial charge < -0.3 is 14.1 Å². The van der Waals surface area contributed by atoms with Gasteiger partial charge >= 0.3 is 5.63 Å². The van der Waals surface area contributed by atoms with Crippen LogP contribution in [-0.4, -0.2) is 24.0 Å². The summed E-state index contributed by atoms with van der Waals surface area (Å²) in [7, 11) is 0. The number of fused-ring (bicyclic) bond motifs is 1. The van der Waals surface area contributed by atoms with Crippen LogP contribution in [0.1, 0.15) is 18.1 Å². The minimum atomic E-state index is -0.400. The van der Waals surface area contributed by atoms with Crippen LogP contribution in [0.25, 0.3) is 11.0 Å². The average Bonchev–Trinajstić information content (AvgIpc) is 2.64. The van der Waals surface area contributed by atoms with Crippen LogP contribution in [0.3, 0.4) is 0 Å². The van der Waals surface area contributed by atoms with Crippen molar-refractivity contribution in [3.8, 4) is 5.75 Å². The molecule has 0 aliphatic rings. The maximum absolute atomic E-state index is 12.5. The van der Waals surface area contributed by atoms with E-state index >= 15 is 0 Å². The maximum Gasteiger partial charge on any atom is 0.336 e. The number of likely N-dealkylation sites (N-methyl/N-ethyl adjacent to an activating group) is 1. The highest BCUT2D eigenvalue weighted by molar-refractivity contribution is 5.81. The lowest BCUT2D eigenvalue weighted by molar-refractivity contribution is -0.133. The van der Waals surface area contributed by atoms with Gasteiger partial charge in [0, 0.05) is 30.6 Å². The second kappa shape index (κ2) is 7.87. The molecular weight excluding hydrogens is 330 g/mol. The first-order valence-corrected chi connectivity index (χ1v) is 8.56. The van der Waals surface area contributed by atoms with Crippen LogP contribution in [0.4, 0.5) is 0 Å². The molecule has 0 unspecified atom stereocenters. The Bertz CT molecular complexity index is 963. The molecule has 1 aromatic heterocycles. The van der Waals surface area contributed by atoms with Crippen LogP contribution in [0.15, 0.2) is 63.8 Å². The van der Waals surface area contributed by atoms with E-state index in [0.717, 1.165) is 16.5 Å². The van der Waals surface area contributed by atoms with E-state index in [0.29, 0.717) is 24.4 Å². The predicted molar refractivity (Wildman–Crippen MR) is 100 cm³/mol. The third-order valence-electron chi connectivity index (χ3n) is 4.24. The molecule has 0 atom stereocenters. The Morgan fingerprint density at radius 3 is 2.62 bits per heavy atom. The molecule has 0 fully saturated rings. The standard InChI is InChI=1S/C21H21NO4/c1-3-22(13-16-7-5-4-6-8-16)20(23)14-25-17-9-10-18-15(2)11-21(24)26-19(18)12-17/h4-12H,3,13-14H2,1-2H3. The van der Waals surface area contributed by atoms with Crippen LogP contribution in [0.5, 0.6) is 5.75 Å². The Labute approximate surface area is 151 Å². The first-order valence-electron chi connectivity index (χ1n) is 8.56. The number of ether oxygens (including phenoxy) is 1. The van der Waals surface area contributed by atoms with Crippen molar-refractivity contribution >= 4 is 16.9 Å². The van der Waals surface area contributed by atoms with Gasteiger partial charge in [0.25, 0.3) is 5.91 Å². The lowest BCUT2D eigenvalue weighted by Gasteiger charge is -2.21. The molecule has 1 amide bonds. The van der Waals surface area contributed by atoms with Crippen molar-refractivity contribution in [2.24, 2.45) is 0 Å². The molecule has 0 bridgehead atoms. The predicted octanol–water partition coefficient (Wildman–Crippen LogP) is 3.53. The fourth-order valence-electron chi connectivity index (χ4n) is 2.81. The van der Waals surface area contributed by atoms with Gasteiger partial charge in [-0.25, -0.2) is 4.79 Å². The van der Waals surface area contributed by atoms with E-state index < -0.39 is 5.63 Å². The average molecular weight is 351 g/mol. The molecule has 0 saturated heterocycles. The minimum absolute atomic E-state index is 0.0672. The fourth-order valence-corrected chi connectivity index (χ4v) is 2.81. The highest BCUT2D eigenvalue weighted by Crippen LogP contribution is 2.22. The van der Waals surface area contributed by atoms with Crippen molar-refractivity contribution < 1.29 is 13.9 Å². The normalized spacial score (nSPS) is 10.7. The van der Waals surface area contributed by atoms with Crippen molar-refractivity contribution in [3.05, 3.63) is 76.1 Å². The Morgan fingerprint density at radius 1 is 1.12 bits per heavy atom. The van der Waals surface area contributed by atoms with Crippen molar-refractivity contribution in [2.75, 3.05) is 13.2 Å². The Morgan fingerprint density at radius 2 is 1.88 bits per heavy atom. The summed E-state index contributed by atoms with van der Waals surface area (Å²) >= 11 is 0. The molecule has 0 saturated carbocycles. The Balaban J connectivity index is 1.68. The number of carbonyl (C=O) groups is 1. The summed E-state index contributed by atoms with van der Waals surface area (Å²) in [5.74, 6) is 0.400. The molecule has 5 nitrogen and oxygen atoms in total. The van der Waals surface area contributed by atoms with Crippen molar-refractivity contribution in [2.45, 2.75) is 20.4 Å². The molecule has 3 aromatic rings. The van der Waals surface area contributed by atoms with Gasteiger partial charge in [-0.15, -0.1) is 0 Å². The smallest absolute Gasteiger partial charge is 0.336 e. The van der Waals surface area contributed by atoms with Crippen LogP contribution >= 0.6 is 0 Å². The zero-order chi connectivity index (χ0) is 18.5. The van der Waals surface area contributed by atoms with Crippen LogP contribution in [0.2, 0.25) is 0 Å². The number of nitrogens with zero attached hydrogens (tertiary/aromatic N) is 1. The van der Waals surface area contributed by atoms with Gasteiger partial charge in [0.2, 0.25) is 0 Å². The second-order valence-electron chi connectivity index (χ2n) is 6.09. The molecule has 2 aromatic carbocycles. The highest BCUT2D eigenvalue weighted by Gasteiger charge is 2.13. The monoisotopic (exact) mass is 351 g/mol. The summed E-state index contributed by atoms with van der Waals surface area (Å²) in [5, 5.41) is 0.850. The SMILES string of the molecule is CCN(Cc1ccccc1)C(=O)COc1ccc2c(C)cc(=O)oc2c1. The van der Waals surface area contributed by atoms with E-state index in [1.807, 2.05) is 50.2 Å². The minimum Gasteiger partial charge on any atom is -0.484 e. The zero-order valence-electron chi connectivity index (χ0n) is 14.9. The van der Waals surface area contributed by atoms with Gasteiger partial charge in [-0.3, -0.25) is 4.79 Å². The summed E-state index contributed by atoms with van der Waals surface area (Å²) in [4.78, 5) is 25.7. The van der Waals surface area contributed by atoms with Gasteiger partial charge in [0.1, 0.15) is 11.3 Å². The molecule has 3 rings (SSSR count). The molecule has 0 aliphatic carbocycles. The molecule has 134 valence electrons. The summed E-state index contributed by atoms with van der Waals surface area (Å²) in [6.07, 6.45) is 0. The summed E-state index contributed by atoms with van der Waals surface area (Å²) in [6, 6.07) is 16.5. The molecule has 0 N–H and O–H groups in total. The number of hydrogen-bond donors (Lipinski definition) is 0. The number of aryl methyl sites for hydroxylation is 1. The molecule has 0 spiro atoms. The molecular formula is C21H21NO4. The second-order valence-corrected chi connectivity index (χ2v) is 6.09. The van der Waals surface area contributed by atoms with E-state index in [2.05, 4.69) is 0 Å². The Kier molecular flexibility index (Phi) is 5.37. The van der Waals surface area contributed by atoms with Gasteiger partial charge in [0.15, 0.2) is 6.61 Å². The van der Waals surface area contributed by atoms with Gasteiger partial charge in [0.05, 0.1) is 0 Å². The van der Waals surface area contributed by atoms with Gasteiger partial charge in [-0.1, -0.05) is 30.3 Å². The molecule has 5 heteroatoms. The van der Waals surface area contributed by atoms with E-state index in [1.54, 1.807) is 17.0 Å². The van der Waals surface area contributed by atoms with Crippen LogP contribution < -0.4 is 10.4 Å². The maximum atomic E-state index is 12.5. The quantitative estimate of drug-likeness (QED) is 0.638. The van der Waals surface area contributed by atoms with E-state index in [1.165, 1.54) is 6.07 Å². The Hall–Kier alpha value is -3.08. The van der Waals surface area contributed by atoms with Gasteiger partial charge in [-0.05, 0) is 37.1 Å². The summed E-state index contributed by atoms with van der Waals surface area (Å²) < 4.78 is 10.8. The topological polar surface area (TPSA) is 59.8 Å². The third kappa shape index (κ3) is 4.11. The fraction of sp³-hybridized carbons (Fsp3) is 0.238. The van der Waals surface area contributed by atoms with E-state index in [9.17, 15) is 9.59 Å². The molecule has 26 heavy (non-hydrogen) atoms. The third-order valence-corrected chi connectivity index (χ3v) is 4.24. The number of rotatable bonds is 6. The number of carbonyl (C=O) groups excluding carboxylic acids is 1. The summed E-state index contributed by atoms with van der Waals surface area (Å²) in [5.41, 5.74) is 1.98. The van der Waals surface area contributed by atoms with Crippen molar-refractivity contribution in [3.63, 3.8) is 0 Å². The first kappa shape index (κ1) is 17.7. The van der Waals surface area contributed by atoms with Crippen molar-refractivity contribution in [1.82, 2.24) is 4.90 Å². The summed E-state index contributed by atoms with van der Waals surface area (Å²) in [6.45, 7) is 4.87. The number of hydrogen-bond acceptors (Lipinski definition) is 4.